The number of benzene rings is 1. The van der Waals surface area contributed by atoms with Crippen molar-refractivity contribution in [1.29, 1.82) is 0 Å². The fourth-order valence-corrected chi connectivity index (χ4v) is 5.38. The average Bonchev–Trinajstić information content (AvgIpc) is 2.73. The highest BCUT2D eigenvalue weighted by Gasteiger charge is 2.37. The number of ether oxygens (including phenoxy) is 1. The van der Waals surface area contributed by atoms with E-state index in [2.05, 4.69) is 27.2 Å². The summed E-state index contributed by atoms with van der Waals surface area (Å²) in [5.74, 6) is 1.98. The number of rotatable bonds is 4. The molecular weight excluding hydrogens is 374 g/mol. The molecule has 156 valence electrons. The summed E-state index contributed by atoms with van der Waals surface area (Å²) >= 11 is 0. The van der Waals surface area contributed by atoms with Crippen molar-refractivity contribution in [3.05, 3.63) is 29.8 Å². The van der Waals surface area contributed by atoms with Crippen LogP contribution in [0.15, 0.2) is 24.3 Å². The molecule has 0 aromatic heterocycles. The van der Waals surface area contributed by atoms with Gasteiger partial charge < -0.3 is 15.0 Å². The van der Waals surface area contributed by atoms with Crippen molar-refractivity contribution in [2.75, 3.05) is 39.8 Å². The monoisotopic (exact) mass is 407 g/mol. The van der Waals surface area contributed by atoms with Crippen molar-refractivity contribution in [3.8, 4) is 5.75 Å². The number of nitrogens with one attached hydrogen (secondary N) is 1. The zero-order valence-electron chi connectivity index (χ0n) is 16.9. The maximum atomic E-state index is 13.3. The van der Waals surface area contributed by atoms with Crippen molar-refractivity contribution in [1.82, 2.24) is 15.1 Å². The van der Waals surface area contributed by atoms with Gasteiger partial charge in [0.2, 0.25) is 5.91 Å². The summed E-state index contributed by atoms with van der Waals surface area (Å²) in [6.07, 6.45) is 7.62. The fraction of sp³-hybridized carbons (Fsp3) is 0.682. The van der Waals surface area contributed by atoms with Crippen molar-refractivity contribution in [2.45, 2.75) is 50.6 Å². The summed E-state index contributed by atoms with van der Waals surface area (Å²) in [4.78, 5) is 17.9. The summed E-state index contributed by atoms with van der Waals surface area (Å²) in [5, 5.41) is 3.49. The van der Waals surface area contributed by atoms with Crippen LogP contribution in [0.3, 0.4) is 0 Å². The number of methoxy groups -OCH3 is 1. The third-order valence-corrected chi connectivity index (χ3v) is 6.75. The predicted octanol–water partition coefficient (Wildman–Crippen LogP) is 3.24. The van der Waals surface area contributed by atoms with Crippen LogP contribution in [0.4, 0.5) is 0 Å². The summed E-state index contributed by atoms with van der Waals surface area (Å²) in [6.45, 7) is 4.17. The molecule has 1 N–H and O–H groups in total. The molecule has 0 bridgehead atoms. The fourth-order valence-electron chi connectivity index (χ4n) is 5.38. The van der Waals surface area contributed by atoms with Gasteiger partial charge in [-0.3, -0.25) is 9.69 Å². The Morgan fingerprint density at radius 1 is 1.14 bits per heavy atom. The average molecular weight is 408 g/mol. The number of fused-ring (bicyclic) bond motifs is 1. The first-order valence-electron chi connectivity index (χ1n) is 10.6. The lowest BCUT2D eigenvalue weighted by atomic mass is 9.78. The van der Waals surface area contributed by atoms with Crippen molar-refractivity contribution in [2.24, 2.45) is 5.92 Å². The predicted molar refractivity (Wildman–Crippen MR) is 114 cm³/mol. The standard InChI is InChI=1S/C22H33N3O2.ClH/c1-27-21-11-5-3-9-18(21)20-15-23-12-14-24(20)16-22(26)25-13-6-8-17-7-2-4-10-19(17)25;/h3,5,9,11,17,19-20,23H,2,4,6-8,10,12-16H2,1H3;1H. The molecular formula is C22H34ClN3O2. The van der Waals surface area contributed by atoms with Gasteiger partial charge in [0.1, 0.15) is 5.75 Å². The number of para-hydroxylation sites is 1. The lowest BCUT2D eigenvalue weighted by molar-refractivity contribution is -0.139. The molecule has 1 amide bonds. The molecule has 4 rings (SSSR count). The topological polar surface area (TPSA) is 44.8 Å². The number of piperidine rings is 1. The molecule has 1 aromatic rings. The third-order valence-electron chi connectivity index (χ3n) is 6.75. The third kappa shape index (κ3) is 4.47. The minimum absolute atomic E-state index is 0. The van der Waals surface area contributed by atoms with E-state index in [1.807, 2.05) is 12.1 Å². The van der Waals surface area contributed by atoms with Crippen LogP contribution in [0.2, 0.25) is 0 Å². The SMILES string of the molecule is COc1ccccc1C1CNCCN1CC(=O)N1CCCC2CCCCC21.Cl. The Morgan fingerprint density at radius 3 is 2.79 bits per heavy atom. The van der Waals surface area contributed by atoms with E-state index in [1.54, 1.807) is 7.11 Å². The van der Waals surface area contributed by atoms with Gasteiger partial charge in [-0.05, 0) is 37.7 Å². The minimum Gasteiger partial charge on any atom is -0.496 e. The number of hydrogen-bond acceptors (Lipinski definition) is 4. The maximum Gasteiger partial charge on any atom is 0.237 e. The highest BCUT2D eigenvalue weighted by molar-refractivity contribution is 5.85. The molecule has 1 aliphatic carbocycles. The van der Waals surface area contributed by atoms with Crippen LogP contribution in [-0.2, 0) is 4.79 Å². The van der Waals surface area contributed by atoms with Gasteiger partial charge in [0.05, 0.1) is 19.7 Å². The molecule has 28 heavy (non-hydrogen) atoms. The van der Waals surface area contributed by atoms with Gasteiger partial charge in [-0.15, -0.1) is 12.4 Å². The van der Waals surface area contributed by atoms with Gasteiger partial charge in [0.25, 0.3) is 0 Å². The minimum atomic E-state index is 0. The summed E-state index contributed by atoms with van der Waals surface area (Å²) in [7, 11) is 1.72. The molecule has 3 fully saturated rings. The van der Waals surface area contributed by atoms with Crippen molar-refractivity contribution >= 4 is 18.3 Å². The van der Waals surface area contributed by atoms with Gasteiger partial charge in [0, 0.05) is 37.8 Å². The lowest BCUT2D eigenvalue weighted by Crippen LogP contribution is -2.55. The molecule has 1 saturated carbocycles. The van der Waals surface area contributed by atoms with E-state index < -0.39 is 0 Å². The Bertz CT molecular complexity index is 654. The molecule has 2 saturated heterocycles. The quantitative estimate of drug-likeness (QED) is 0.832. The Balaban J connectivity index is 0.00000225. The molecule has 1 aromatic carbocycles. The Hall–Kier alpha value is -1.30. The van der Waals surface area contributed by atoms with Gasteiger partial charge >= 0.3 is 0 Å². The number of halogens is 1. The highest BCUT2D eigenvalue weighted by atomic mass is 35.5. The highest BCUT2D eigenvalue weighted by Crippen LogP contribution is 2.36. The van der Waals surface area contributed by atoms with Crippen LogP contribution in [0.25, 0.3) is 0 Å². The number of carbonyl (C=O) groups excluding carboxylic acids is 1. The lowest BCUT2D eigenvalue weighted by Gasteiger charge is -2.45. The zero-order valence-corrected chi connectivity index (χ0v) is 17.8. The maximum absolute atomic E-state index is 13.3. The summed E-state index contributed by atoms with van der Waals surface area (Å²) in [5.41, 5.74) is 1.18. The van der Waals surface area contributed by atoms with Crippen LogP contribution in [-0.4, -0.2) is 61.6 Å². The van der Waals surface area contributed by atoms with Crippen LogP contribution < -0.4 is 10.1 Å². The van der Waals surface area contributed by atoms with E-state index in [0.29, 0.717) is 18.5 Å². The normalized spacial score (nSPS) is 28.2. The van der Waals surface area contributed by atoms with Crippen molar-refractivity contribution in [3.63, 3.8) is 0 Å². The second kappa shape index (κ2) is 9.95. The molecule has 6 heteroatoms. The smallest absolute Gasteiger partial charge is 0.237 e. The zero-order chi connectivity index (χ0) is 18.6. The summed E-state index contributed by atoms with van der Waals surface area (Å²) < 4.78 is 5.59. The first-order chi connectivity index (χ1) is 13.3. The Morgan fingerprint density at radius 2 is 1.93 bits per heavy atom. The molecule has 2 aliphatic heterocycles. The van der Waals surface area contributed by atoms with Crippen LogP contribution in [0.1, 0.15) is 50.1 Å². The van der Waals surface area contributed by atoms with Gasteiger partial charge in [-0.2, -0.15) is 0 Å². The first kappa shape index (κ1) is 21.4. The van der Waals surface area contributed by atoms with Crippen molar-refractivity contribution < 1.29 is 9.53 Å². The molecule has 0 spiro atoms. The molecule has 0 radical (unpaired) electrons. The number of carbonyl (C=O) groups is 1. The van der Waals surface area contributed by atoms with Crippen LogP contribution >= 0.6 is 12.4 Å². The second-order valence-electron chi connectivity index (χ2n) is 8.27. The van der Waals surface area contributed by atoms with Gasteiger partial charge in [-0.25, -0.2) is 0 Å². The van der Waals surface area contributed by atoms with E-state index in [9.17, 15) is 4.79 Å². The van der Waals surface area contributed by atoms with Crippen LogP contribution in [0, 0.1) is 5.92 Å². The number of nitrogens with zero attached hydrogens (tertiary/aromatic N) is 2. The van der Waals surface area contributed by atoms with Gasteiger partial charge in [-0.1, -0.05) is 31.0 Å². The van der Waals surface area contributed by atoms with Gasteiger partial charge in [0.15, 0.2) is 0 Å². The summed E-state index contributed by atoms with van der Waals surface area (Å²) in [6, 6.07) is 8.89. The Labute approximate surface area is 175 Å². The largest absolute Gasteiger partial charge is 0.496 e. The van der Waals surface area contributed by atoms with E-state index in [1.165, 1.54) is 44.1 Å². The Kier molecular flexibility index (Phi) is 7.61. The molecule has 3 atom stereocenters. The molecule has 5 nitrogen and oxygen atoms in total. The number of hydrogen-bond donors (Lipinski definition) is 1. The van der Waals surface area contributed by atoms with E-state index in [-0.39, 0.29) is 18.4 Å². The molecule has 3 unspecified atom stereocenters. The number of amides is 1. The van der Waals surface area contributed by atoms with E-state index in [4.69, 9.17) is 4.74 Å². The number of likely N-dealkylation sites (tertiary alicyclic amines) is 1. The molecule has 3 aliphatic rings. The van der Waals surface area contributed by atoms with E-state index >= 15 is 0 Å². The second-order valence-corrected chi connectivity index (χ2v) is 8.27. The number of piperazine rings is 1. The molecule has 2 heterocycles. The van der Waals surface area contributed by atoms with E-state index in [0.717, 1.165) is 37.8 Å². The first-order valence-corrected chi connectivity index (χ1v) is 10.6. The van der Waals surface area contributed by atoms with Crippen LogP contribution in [0.5, 0.6) is 5.75 Å².